The van der Waals surface area contributed by atoms with Gasteiger partial charge in [0.15, 0.2) is 0 Å². The van der Waals surface area contributed by atoms with Gasteiger partial charge < -0.3 is 4.74 Å². The van der Waals surface area contributed by atoms with Gasteiger partial charge in [-0.1, -0.05) is 29.8 Å². The van der Waals surface area contributed by atoms with Crippen molar-refractivity contribution in [2.45, 2.75) is 18.4 Å². The van der Waals surface area contributed by atoms with Gasteiger partial charge in [-0.05, 0) is 24.6 Å². The number of methoxy groups -OCH3 is 1. The third-order valence-electron chi connectivity index (χ3n) is 2.96. The minimum atomic E-state index is -1.03. The number of rotatable bonds is 5. The van der Waals surface area contributed by atoms with Crippen molar-refractivity contribution in [3.63, 3.8) is 0 Å². The summed E-state index contributed by atoms with van der Waals surface area (Å²) in [4.78, 5) is 15.5. The van der Waals surface area contributed by atoms with E-state index >= 15 is 0 Å². The number of ether oxygens (including phenoxy) is 1. The maximum atomic E-state index is 12.1. The van der Waals surface area contributed by atoms with Gasteiger partial charge in [-0.25, -0.2) is 4.79 Å². The number of carbonyl (C=O) groups is 1. The summed E-state index contributed by atoms with van der Waals surface area (Å²) in [5.41, 5.74) is 3.31. The average Bonchev–Trinajstić information content (AvgIpc) is 2.47. The minimum absolute atomic E-state index is 0.370. The molecule has 0 saturated heterocycles. The molecule has 110 valence electrons. The molecular formula is C16H17NO3S. The first-order chi connectivity index (χ1) is 10.1. The van der Waals surface area contributed by atoms with Gasteiger partial charge in [-0.2, -0.15) is 0 Å². The van der Waals surface area contributed by atoms with Crippen molar-refractivity contribution in [3.05, 3.63) is 65.0 Å². The number of aryl methyl sites for hydroxylation is 1. The Bertz CT molecular complexity index is 653. The molecule has 4 nitrogen and oxygen atoms in total. The topological polar surface area (TPSA) is 56.3 Å². The molecule has 1 heterocycles. The number of hydrogen-bond acceptors (Lipinski definition) is 4. The van der Waals surface area contributed by atoms with Gasteiger partial charge in [0.25, 0.3) is 0 Å². The SMILES string of the molecule is COC(=O)c1ccc(CS(=O)Cc2cccc(C)c2)nc1. The zero-order chi connectivity index (χ0) is 15.2. The van der Waals surface area contributed by atoms with Gasteiger partial charge in [0, 0.05) is 22.7 Å². The van der Waals surface area contributed by atoms with Crippen molar-refractivity contribution in [1.82, 2.24) is 4.98 Å². The van der Waals surface area contributed by atoms with Crippen molar-refractivity contribution >= 4 is 16.8 Å². The lowest BCUT2D eigenvalue weighted by molar-refractivity contribution is 0.0600. The molecule has 1 unspecified atom stereocenters. The number of benzene rings is 1. The highest BCUT2D eigenvalue weighted by Gasteiger charge is 2.08. The molecule has 1 atom stereocenters. The zero-order valence-electron chi connectivity index (χ0n) is 12.0. The van der Waals surface area contributed by atoms with Gasteiger partial charge in [-0.15, -0.1) is 0 Å². The first-order valence-electron chi connectivity index (χ1n) is 6.52. The van der Waals surface area contributed by atoms with E-state index in [1.807, 2.05) is 31.2 Å². The van der Waals surface area contributed by atoms with Gasteiger partial charge >= 0.3 is 5.97 Å². The molecule has 1 aromatic heterocycles. The molecule has 0 radical (unpaired) electrons. The van der Waals surface area contributed by atoms with Crippen LogP contribution in [-0.4, -0.2) is 22.3 Å². The predicted molar refractivity (Wildman–Crippen MR) is 82.3 cm³/mol. The molecule has 0 spiro atoms. The highest BCUT2D eigenvalue weighted by molar-refractivity contribution is 7.83. The summed E-state index contributed by atoms with van der Waals surface area (Å²) < 4.78 is 16.8. The van der Waals surface area contributed by atoms with E-state index in [9.17, 15) is 9.00 Å². The fraction of sp³-hybridized carbons (Fsp3) is 0.250. The summed E-state index contributed by atoms with van der Waals surface area (Å²) in [5, 5.41) is 0. The van der Waals surface area contributed by atoms with Gasteiger partial charge in [-0.3, -0.25) is 9.19 Å². The van der Waals surface area contributed by atoms with Crippen LogP contribution < -0.4 is 0 Å². The largest absolute Gasteiger partial charge is 0.465 e. The third-order valence-corrected chi connectivity index (χ3v) is 4.24. The molecule has 0 aliphatic rings. The molecule has 0 saturated carbocycles. The van der Waals surface area contributed by atoms with E-state index in [4.69, 9.17) is 0 Å². The number of hydrogen-bond donors (Lipinski definition) is 0. The van der Waals surface area contributed by atoms with E-state index in [1.165, 1.54) is 13.3 Å². The highest BCUT2D eigenvalue weighted by Crippen LogP contribution is 2.10. The number of esters is 1. The first-order valence-corrected chi connectivity index (χ1v) is 8.01. The highest BCUT2D eigenvalue weighted by atomic mass is 32.2. The summed E-state index contributed by atoms with van der Waals surface area (Å²) >= 11 is 0. The van der Waals surface area contributed by atoms with Crippen LogP contribution >= 0.6 is 0 Å². The lowest BCUT2D eigenvalue weighted by Crippen LogP contribution is -2.05. The summed E-state index contributed by atoms with van der Waals surface area (Å²) in [7, 11) is 0.299. The smallest absolute Gasteiger partial charge is 0.339 e. The molecule has 0 aliphatic heterocycles. The Balaban J connectivity index is 1.98. The van der Waals surface area contributed by atoms with Crippen LogP contribution in [-0.2, 0) is 27.0 Å². The Morgan fingerprint density at radius 3 is 2.67 bits per heavy atom. The van der Waals surface area contributed by atoms with E-state index in [0.717, 1.165) is 11.1 Å². The molecule has 0 fully saturated rings. The van der Waals surface area contributed by atoms with Crippen molar-refractivity contribution in [2.75, 3.05) is 7.11 Å². The average molecular weight is 303 g/mol. The van der Waals surface area contributed by atoms with E-state index in [2.05, 4.69) is 9.72 Å². The van der Waals surface area contributed by atoms with Crippen LogP contribution in [0.1, 0.15) is 27.2 Å². The van der Waals surface area contributed by atoms with E-state index in [1.54, 1.807) is 12.1 Å². The van der Waals surface area contributed by atoms with Crippen LogP contribution in [0.5, 0.6) is 0 Å². The molecule has 2 aromatic rings. The molecule has 0 aliphatic carbocycles. The van der Waals surface area contributed by atoms with Crippen molar-refractivity contribution < 1.29 is 13.7 Å². The molecule has 21 heavy (non-hydrogen) atoms. The van der Waals surface area contributed by atoms with Crippen molar-refractivity contribution in [3.8, 4) is 0 Å². The van der Waals surface area contributed by atoms with E-state index < -0.39 is 16.8 Å². The normalized spacial score (nSPS) is 11.9. The second-order valence-electron chi connectivity index (χ2n) is 4.75. The van der Waals surface area contributed by atoms with Crippen LogP contribution in [0.25, 0.3) is 0 Å². The Hall–Kier alpha value is -2.01. The number of pyridine rings is 1. The first kappa shape index (κ1) is 15.4. The van der Waals surface area contributed by atoms with Crippen molar-refractivity contribution in [2.24, 2.45) is 0 Å². The Morgan fingerprint density at radius 1 is 1.24 bits per heavy atom. The Morgan fingerprint density at radius 2 is 2.05 bits per heavy atom. The maximum absolute atomic E-state index is 12.1. The van der Waals surface area contributed by atoms with Gasteiger partial charge in [0.2, 0.25) is 0 Å². The van der Waals surface area contributed by atoms with Crippen LogP contribution in [0.2, 0.25) is 0 Å². The second-order valence-corrected chi connectivity index (χ2v) is 6.20. The summed E-state index contributed by atoms with van der Waals surface area (Å²) in [6.07, 6.45) is 1.45. The fourth-order valence-electron chi connectivity index (χ4n) is 1.95. The number of nitrogens with zero attached hydrogens (tertiary/aromatic N) is 1. The Kier molecular flexibility index (Phi) is 5.22. The molecule has 0 N–H and O–H groups in total. The lowest BCUT2D eigenvalue weighted by Gasteiger charge is -2.04. The van der Waals surface area contributed by atoms with E-state index in [-0.39, 0.29) is 0 Å². The Labute approximate surface area is 126 Å². The molecule has 5 heteroatoms. The maximum Gasteiger partial charge on any atom is 0.339 e. The summed E-state index contributed by atoms with van der Waals surface area (Å²) in [5.74, 6) is 0.451. The molecule has 2 rings (SSSR count). The van der Waals surface area contributed by atoms with Crippen LogP contribution in [0.15, 0.2) is 42.6 Å². The minimum Gasteiger partial charge on any atom is -0.465 e. The number of carbonyl (C=O) groups excluding carboxylic acids is 1. The van der Waals surface area contributed by atoms with Crippen LogP contribution in [0.4, 0.5) is 0 Å². The summed E-state index contributed by atoms with van der Waals surface area (Å²) in [6.45, 7) is 2.01. The monoisotopic (exact) mass is 303 g/mol. The third kappa shape index (κ3) is 4.49. The van der Waals surface area contributed by atoms with E-state index in [0.29, 0.717) is 22.8 Å². The molecule has 0 bridgehead atoms. The molecule has 0 amide bonds. The molecule has 1 aromatic carbocycles. The van der Waals surface area contributed by atoms with Crippen LogP contribution in [0, 0.1) is 6.92 Å². The van der Waals surface area contributed by atoms with Crippen molar-refractivity contribution in [1.29, 1.82) is 0 Å². The lowest BCUT2D eigenvalue weighted by atomic mass is 10.2. The standard InChI is InChI=1S/C16H17NO3S/c1-12-4-3-5-13(8-12)10-21(19)11-15-7-6-14(9-17-15)16(18)20-2/h3-9H,10-11H2,1-2H3. The van der Waals surface area contributed by atoms with Gasteiger partial charge in [0.05, 0.1) is 24.1 Å². The predicted octanol–water partition coefficient (Wildman–Crippen LogP) is 2.63. The molecular weight excluding hydrogens is 286 g/mol. The van der Waals surface area contributed by atoms with Crippen LogP contribution in [0.3, 0.4) is 0 Å². The second kappa shape index (κ2) is 7.13. The fourth-order valence-corrected chi connectivity index (χ4v) is 3.11. The number of aromatic nitrogens is 1. The zero-order valence-corrected chi connectivity index (χ0v) is 12.9. The van der Waals surface area contributed by atoms with Gasteiger partial charge in [0.1, 0.15) is 0 Å². The summed E-state index contributed by atoms with van der Waals surface area (Å²) in [6, 6.07) is 11.3. The quantitative estimate of drug-likeness (QED) is 0.797.